The van der Waals surface area contributed by atoms with Crippen molar-refractivity contribution in [2.75, 3.05) is 13.7 Å². The van der Waals surface area contributed by atoms with Crippen LogP contribution in [0.5, 0.6) is 0 Å². The number of primary sulfonamides is 1. The second-order valence-electron chi connectivity index (χ2n) is 5.15. The van der Waals surface area contributed by atoms with Crippen molar-refractivity contribution in [1.29, 1.82) is 0 Å². The van der Waals surface area contributed by atoms with Gasteiger partial charge in [-0.15, -0.1) is 11.3 Å². The Morgan fingerprint density at radius 1 is 1.33 bits per heavy atom. The maximum Gasteiger partial charge on any atom is 0.263 e. The Hall–Kier alpha value is -1.81. The van der Waals surface area contributed by atoms with Gasteiger partial charge in [0.15, 0.2) is 0 Å². The minimum absolute atomic E-state index is 0.0706. The zero-order valence-corrected chi connectivity index (χ0v) is 15.0. The number of rotatable bonds is 7. The van der Waals surface area contributed by atoms with Crippen molar-refractivity contribution < 1.29 is 17.9 Å². The number of sulfonamides is 1. The quantitative estimate of drug-likeness (QED) is 0.762. The standard InChI is InChI=1S/C15H19N3O4S2/c1-10-14(23-13(18-10)9-22-2)15(19)17-8-7-11-3-5-12(6-4-11)24(16,20)21/h3-6H,7-9H2,1-2H3,(H,17,19)(H2,16,20,21). The summed E-state index contributed by atoms with van der Waals surface area (Å²) in [5.74, 6) is -0.173. The summed E-state index contributed by atoms with van der Waals surface area (Å²) in [6.07, 6.45) is 0.583. The van der Waals surface area contributed by atoms with E-state index in [-0.39, 0.29) is 10.8 Å². The van der Waals surface area contributed by atoms with Gasteiger partial charge in [0.2, 0.25) is 10.0 Å². The summed E-state index contributed by atoms with van der Waals surface area (Å²) in [7, 11) is -2.10. The van der Waals surface area contributed by atoms with Crippen LogP contribution >= 0.6 is 11.3 Å². The Labute approximate surface area is 144 Å². The zero-order chi connectivity index (χ0) is 17.7. The lowest BCUT2D eigenvalue weighted by atomic mass is 10.1. The lowest BCUT2D eigenvalue weighted by molar-refractivity contribution is 0.0957. The Morgan fingerprint density at radius 2 is 2.00 bits per heavy atom. The molecule has 0 radical (unpaired) electrons. The van der Waals surface area contributed by atoms with Gasteiger partial charge in [-0.25, -0.2) is 18.5 Å². The second kappa shape index (κ2) is 7.84. The van der Waals surface area contributed by atoms with Gasteiger partial charge in [-0.2, -0.15) is 0 Å². The van der Waals surface area contributed by atoms with Gasteiger partial charge in [0.1, 0.15) is 9.88 Å². The van der Waals surface area contributed by atoms with Gasteiger partial charge in [-0.1, -0.05) is 12.1 Å². The number of carbonyl (C=O) groups excluding carboxylic acids is 1. The number of hydrogen-bond donors (Lipinski definition) is 2. The Balaban J connectivity index is 1.91. The van der Waals surface area contributed by atoms with Crippen molar-refractivity contribution in [3.63, 3.8) is 0 Å². The highest BCUT2D eigenvalue weighted by Gasteiger charge is 2.14. The second-order valence-corrected chi connectivity index (χ2v) is 7.80. The average molecular weight is 369 g/mol. The van der Waals surface area contributed by atoms with E-state index in [0.717, 1.165) is 10.6 Å². The molecule has 0 spiro atoms. The van der Waals surface area contributed by atoms with E-state index in [1.165, 1.54) is 23.5 Å². The number of nitrogens with one attached hydrogen (secondary N) is 1. The van der Waals surface area contributed by atoms with Gasteiger partial charge in [-0.3, -0.25) is 4.79 Å². The third-order valence-electron chi connectivity index (χ3n) is 3.27. The first-order valence-corrected chi connectivity index (χ1v) is 9.52. The third kappa shape index (κ3) is 4.84. The smallest absolute Gasteiger partial charge is 0.263 e. The van der Waals surface area contributed by atoms with Gasteiger partial charge < -0.3 is 10.1 Å². The summed E-state index contributed by atoms with van der Waals surface area (Å²) >= 11 is 1.31. The van der Waals surface area contributed by atoms with E-state index in [1.807, 2.05) is 0 Å². The van der Waals surface area contributed by atoms with Crippen LogP contribution in [0.1, 0.15) is 25.9 Å². The summed E-state index contributed by atoms with van der Waals surface area (Å²) in [4.78, 5) is 17.1. The fourth-order valence-corrected chi connectivity index (χ4v) is 3.56. The molecule has 0 unspecified atom stereocenters. The number of aromatic nitrogens is 1. The number of nitrogens with zero attached hydrogens (tertiary/aromatic N) is 1. The number of ether oxygens (including phenoxy) is 1. The van der Waals surface area contributed by atoms with Crippen LogP contribution in [0.4, 0.5) is 0 Å². The van der Waals surface area contributed by atoms with Crippen LogP contribution < -0.4 is 10.5 Å². The van der Waals surface area contributed by atoms with E-state index < -0.39 is 10.0 Å². The van der Waals surface area contributed by atoms with Crippen LogP contribution in [0.15, 0.2) is 29.2 Å². The first-order valence-electron chi connectivity index (χ1n) is 7.16. The number of benzene rings is 1. The maximum atomic E-state index is 12.2. The Kier molecular flexibility index (Phi) is 6.05. The van der Waals surface area contributed by atoms with Crippen LogP contribution in [0, 0.1) is 6.92 Å². The highest BCUT2D eigenvalue weighted by molar-refractivity contribution is 7.89. The van der Waals surface area contributed by atoms with Crippen LogP contribution in [0.3, 0.4) is 0 Å². The topological polar surface area (TPSA) is 111 Å². The molecule has 130 valence electrons. The fourth-order valence-electron chi connectivity index (χ4n) is 2.09. The Morgan fingerprint density at radius 3 is 2.58 bits per heavy atom. The lowest BCUT2D eigenvalue weighted by Gasteiger charge is -2.05. The number of aryl methyl sites for hydroxylation is 1. The average Bonchev–Trinajstić information content (AvgIpc) is 2.88. The first-order chi connectivity index (χ1) is 11.3. The van der Waals surface area contributed by atoms with Crippen molar-refractivity contribution in [2.45, 2.75) is 24.8 Å². The van der Waals surface area contributed by atoms with Gasteiger partial charge in [0, 0.05) is 13.7 Å². The molecule has 0 saturated heterocycles. The van der Waals surface area contributed by atoms with E-state index >= 15 is 0 Å². The first kappa shape index (κ1) is 18.5. The summed E-state index contributed by atoms with van der Waals surface area (Å²) in [6.45, 7) is 2.61. The predicted octanol–water partition coefficient (Wildman–Crippen LogP) is 1.22. The summed E-state index contributed by atoms with van der Waals surface area (Å²) in [5.41, 5.74) is 1.59. The molecule has 1 heterocycles. The van der Waals surface area contributed by atoms with E-state index in [9.17, 15) is 13.2 Å². The van der Waals surface area contributed by atoms with E-state index in [1.54, 1.807) is 26.2 Å². The number of thiazole rings is 1. The van der Waals surface area contributed by atoms with Gasteiger partial charge >= 0.3 is 0 Å². The molecular weight excluding hydrogens is 350 g/mol. The molecule has 1 amide bonds. The Bertz CT molecular complexity index is 814. The van der Waals surface area contributed by atoms with Crippen LogP contribution in [-0.4, -0.2) is 33.0 Å². The van der Waals surface area contributed by atoms with Crippen LogP contribution in [0.2, 0.25) is 0 Å². The van der Waals surface area contributed by atoms with E-state index in [2.05, 4.69) is 10.3 Å². The number of nitrogens with two attached hydrogens (primary N) is 1. The normalized spacial score (nSPS) is 11.5. The number of hydrogen-bond acceptors (Lipinski definition) is 6. The van der Waals surface area contributed by atoms with E-state index in [4.69, 9.17) is 9.88 Å². The molecule has 0 aliphatic rings. The zero-order valence-electron chi connectivity index (χ0n) is 13.4. The van der Waals surface area contributed by atoms with E-state index in [0.29, 0.717) is 30.1 Å². The summed E-state index contributed by atoms with van der Waals surface area (Å²) in [5, 5.41) is 8.65. The molecule has 7 nitrogen and oxygen atoms in total. The summed E-state index contributed by atoms with van der Waals surface area (Å²) < 4.78 is 27.4. The van der Waals surface area contributed by atoms with Crippen molar-refractivity contribution >= 4 is 27.3 Å². The molecule has 0 atom stereocenters. The molecule has 0 aliphatic carbocycles. The highest BCUT2D eigenvalue weighted by Crippen LogP contribution is 2.18. The highest BCUT2D eigenvalue weighted by atomic mass is 32.2. The molecule has 0 bridgehead atoms. The molecule has 0 saturated carbocycles. The van der Waals surface area contributed by atoms with Gasteiger partial charge in [0.05, 0.1) is 17.2 Å². The molecule has 2 aromatic rings. The largest absolute Gasteiger partial charge is 0.378 e. The number of methoxy groups -OCH3 is 1. The molecule has 1 aromatic carbocycles. The molecule has 0 aliphatic heterocycles. The molecule has 2 rings (SSSR count). The minimum atomic E-state index is -3.68. The van der Waals surface area contributed by atoms with Crippen molar-refractivity contribution in [1.82, 2.24) is 10.3 Å². The van der Waals surface area contributed by atoms with Gasteiger partial charge in [0.25, 0.3) is 5.91 Å². The maximum absolute atomic E-state index is 12.2. The third-order valence-corrected chi connectivity index (χ3v) is 5.32. The minimum Gasteiger partial charge on any atom is -0.378 e. The van der Waals surface area contributed by atoms with Crippen molar-refractivity contribution in [2.24, 2.45) is 5.14 Å². The number of carbonyl (C=O) groups is 1. The van der Waals surface area contributed by atoms with Crippen LogP contribution in [0.25, 0.3) is 0 Å². The molecule has 24 heavy (non-hydrogen) atoms. The molecule has 3 N–H and O–H groups in total. The van der Waals surface area contributed by atoms with Gasteiger partial charge in [-0.05, 0) is 31.0 Å². The monoisotopic (exact) mass is 369 g/mol. The van der Waals surface area contributed by atoms with Crippen LogP contribution in [-0.2, 0) is 27.8 Å². The molecule has 1 aromatic heterocycles. The SMILES string of the molecule is COCc1nc(C)c(C(=O)NCCc2ccc(S(N)(=O)=O)cc2)s1. The fraction of sp³-hybridized carbons (Fsp3) is 0.333. The summed E-state index contributed by atoms with van der Waals surface area (Å²) in [6, 6.07) is 6.27. The van der Waals surface area contributed by atoms with Crippen molar-refractivity contribution in [3.05, 3.63) is 45.4 Å². The predicted molar refractivity (Wildman–Crippen MR) is 91.4 cm³/mol. The molecule has 0 fully saturated rings. The molecule has 9 heteroatoms. The number of amides is 1. The lowest BCUT2D eigenvalue weighted by Crippen LogP contribution is -2.25. The molecular formula is C15H19N3O4S2. The van der Waals surface area contributed by atoms with Crippen molar-refractivity contribution in [3.8, 4) is 0 Å².